The molecule has 1 heterocycles. The number of nitrogens with one attached hydrogen (secondary N) is 1. The lowest BCUT2D eigenvalue weighted by molar-refractivity contribution is 0.175. The van der Waals surface area contributed by atoms with Gasteiger partial charge in [-0.1, -0.05) is 0 Å². The maximum atomic E-state index is 11.9. The summed E-state index contributed by atoms with van der Waals surface area (Å²) >= 11 is 0. The fraction of sp³-hybridized carbons (Fsp3) is 0.667. The zero-order valence-corrected chi connectivity index (χ0v) is 10.9. The minimum atomic E-state index is -3.68. The quantitative estimate of drug-likeness (QED) is 0.659. The molecular weight excluding hydrogens is 244 g/mol. The van der Waals surface area contributed by atoms with Gasteiger partial charge in [-0.05, 0) is 20.3 Å². The first-order chi connectivity index (χ1) is 7.72. The lowest BCUT2D eigenvalue weighted by atomic mass is 10.2. The summed E-state index contributed by atoms with van der Waals surface area (Å²) < 4.78 is 27.6. The van der Waals surface area contributed by atoms with E-state index in [9.17, 15) is 13.5 Å². The summed E-state index contributed by atoms with van der Waals surface area (Å²) in [6.45, 7) is 3.28. The molecule has 1 rings (SSSR count). The molecule has 4 N–H and O–H groups in total. The summed E-state index contributed by atoms with van der Waals surface area (Å²) in [5.74, 6) is -0.0377. The highest BCUT2D eigenvalue weighted by Gasteiger charge is 2.23. The summed E-state index contributed by atoms with van der Waals surface area (Å²) in [7, 11) is -2.09. The Labute approximate surface area is 101 Å². The monoisotopic (exact) mass is 262 g/mol. The Kier molecular flexibility index (Phi) is 4.12. The van der Waals surface area contributed by atoms with Gasteiger partial charge >= 0.3 is 0 Å². The zero-order chi connectivity index (χ0) is 13.2. The van der Waals surface area contributed by atoms with E-state index in [4.69, 9.17) is 5.73 Å². The normalized spacial score (nSPS) is 15.8. The highest BCUT2D eigenvalue weighted by molar-refractivity contribution is 7.89. The van der Waals surface area contributed by atoms with Gasteiger partial charge in [-0.2, -0.15) is 5.10 Å². The van der Waals surface area contributed by atoms with Gasteiger partial charge in [-0.25, -0.2) is 13.1 Å². The molecule has 0 aliphatic heterocycles. The number of hydrogen-bond acceptors (Lipinski definition) is 5. The topological polar surface area (TPSA) is 110 Å². The van der Waals surface area contributed by atoms with E-state index in [0.717, 1.165) is 0 Å². The Morgan fingerprint density at radius 3 is 2.59 bits per heavy atom. The van der Waals surface area contributed by atoms with Gasteiger partial charge in [0.15, 0.2) is 5.82 Å². The molecule has 2 atom stereocenters. The number of nitrogen functional groups attached to an aromatic ring is 1. The van der Waals surface area contributed by atoms with Crippen LogP contribution in [0.2, 0.25) is 0 Å². The Morgan fingerprint density at radius 1 is 1.59 bits per heavy atom. The zero-order valence-electron chi connectivity index (χ0n) is 10.1. The highest BCUT2D eigenvalue weighted by Crippen LogP contribution is 2.16. The second-order valence-electron chi connectivity index (χ2n) is 4.16. The molecule has 0 aromatic carbocycles. The predicted octanol–water partition coefficient (Wildman–Crippen LogP) is -0.560. The van der Waals surface area contributed by atoms with Crippen molar-refractivity contribution in [2.75, 3.05) is 5.73 Å². The van der Waals surface area contributed by atoms with Gasteiger partial charge < -0.3 is 10.8 Å². The van der Waals surface area contributed by atoms with Crippen molar-refractivity contribution in [1.82, 2.24) is 14.5 Å². The van der Waals surface area contributed by atoms with Crippen molar-refractivity contribution < 1.29 is 13.5 Å². The third-order valence-corrected chi connectivity index (χ3v) is 3.77. The van der Waals surface area contributed by atoms with Gasteiger partial charge in [0.25, 0.3) is 0 Å². The Bertz CT molecular complexity index is 480. The van der Waals surface area contributed by atoms with Gasteiger partial charge in [-0.3, -0.25) is 4.68 Å². The fourth-order valence-corrected chi connectivity index (χ4v) is 2.94. The van der Waals surface area contributed by atoms with Crippen LogP contribution in [-0.4, -0.2) is 35.5 Å². The number of aliphatic hydroxyl groups is 1. The molecule has 17 heavy (non-hydrogen) atoms. The lowest BCUT2D eigenvalue weighted by Crippen LogP contribution is -2.34. The van der Waals surface area contributed by atoms with Gasteiger partial charge in [0.2, 0.25) is 10.0 Å². The lowest BCUT2D eigenvalue weighted by Gasteiger charge is -2.14. The third kappa shape index (κ3) is 3.69. The van der Waals surface area contributed by atoms with Crippen molar-refractivity contribution in [3.8, 4) is 0 Å². The number of nitrogens with zero attached hydrogens (tertiary/aromatic N) is 2. The molecule has 0 fully saturated rings. The molecule has 0 saturated heterocycles. The summed E-state index contributed by atoms with van der Waals surface area (Å²) in [5.41, 5.74) is 5.50. The van der Waals surface area contributed by atoms with Gasteiger partial charge in [0.05, 0.1) is 6.10 Å². The first-order valence-electron chi connectivity index (χ1n) is 5.22. The van der Waals surface area contributed by atoms with Crippen LogP contribution in [0.4, 0.5) is 5.82 Å². The van der Waals surface area contributed by atoms with Crippen LogP contribution in [0.15, 0.2) is 11.1 Å². The maximum Gasteiger partial charge on any atom is 0.246 e. The second-order valence-corrected chi connectivity index (χ2v) is 5.84. The van der Waals surface area contributed by atoms with E-state index >= 15 is 0 Å². The summed E-state index contributed by atoms with van der Waals surface area (Å²) in [6.07, 6.45) is 1.10. The Hall–Kier alpha value is -1.12. The largest absolute Gasteiger partial charge is 0.393 e. The summed E-state index contributed by atoms with van der Waals surface area (Å²) in [6, 6.07) is -0.375. The molecule has 0 saturated carbocycles. The molecule has 0 spiro atoms. The minimum absolute atomic E-state index is 0.0377. The molecule has 0 aliphatic carbocycles. The molecule has 0 radical (unpaired) electrons. The number of hydrogen-bond donors (Lipinski definition) is 3. The van der Waals surface area contributed by atoms with Crippen LogP contribution in [-0.2, 0) is 17.1 Å². The molecule has 2 unspecified atom stereocenters. The third-order valence-electron chi connectivity index (χ3n) is 2.16. The van der Waals surface area contributed by atoms with Gasteiger partial charge in [0.1, 0.15) is 4.90 Å². The molecule has 0 aliphatic rings. The average molecular weight is 262 g/mol. The molecule has 1 aromatic rings. The minimum Gasteiger partial charge on any atom is -0.393 e. The molecule has 0 amide bonds. The number of anilines is 1. The van der Waals surface area contributed by atoms with E-state index in [1.165, 1.54) is 10.9 Å². The van der Waals surface area contributed by atoms with Gasteiger partial charge in [-0.15, -0.1) is 0 Å². The standard InChI is InChI=1S/C9H18N4O3S/c1-6(4-7(2)14)12-17(15,16)8-5-13(3)11-9(8)10/h5-7,12,14H,4H2,1-3H3,(H2,10,11). The van der Waals surface area contributed by atoms with Crippen molar-refractivity contribution in [3.05, 3.63) is 6.20 Å². The van der Waals surface area contributed by atoms with Crippen molar-refractivity contribution in [2.45, 2.75) is 37.3 Å². The van der Waals surface area contributed by atoms with Crippen LogP contribution in [0, 0.1) is 0 Å². The average Bonchev–Trinajstić information content (AvgIpc) is 2.42. The fourth-order valence-electron chi connectivity index (χ4n) is 1.58. The van der Waals surface area contributed by atoms with E-state index in [2.05, 4.69) is 9.82 Å². The SMILES string of the molecule is CC(O)CC(C)NS(=O)(=O)c1cn(C)nc1N. The molecule has 0 bridgehead atoms. The first-order valence-corrected chi connectivity index (χ1v) is 6.70. The summed E-state index contributed by atoms with van der Waals surface area (Å²) in [4.78, 5) is -0.0440. The smallest absolute Gasteiger partial charge is 0.246 e. The second kappa shape index (κ2) is 5.03. The van der Waals surface area contributed by atoms with Crippen molar-refractivity contribution in [1.29, 1.82) is 0 Å². The molecule has 7 nitrogen and oxygen atoms in total. The molecule has 98 valence electrons. The van der Waals surface area contributed by atoms with E-state index in [1.807, 2.05) is 0 Å². The van der Waals surface area contributed by atoms with Crippen LogP contribution in [0.3, 0.4) is 0 Å². The Balaban J connectivity index is 2.86. The van der Waals surface area contributed by atoms with Crippen LogP contribution >= 0.6 is 0 Å². The number of rotatable bonds is 5. The predicted molar refractivity (Wildman–Crippen MR) is 63.7 cm³/mol. The number of aromatic nitrogens is 2. The first kappa shape index (κ1) is 13.9. The number of nitrogens with two attached hydrogens (primary N) is 1. The van der Waals surface area contributed by atoms with E-state index in [1.54, 1.807) is 20.9 Å². The van der Waals surface area contributed by atoms with Crippen LogP contribution in [0.1, 0.15) is 20.3 Å². The number of sulfonamides is 1. The number of aryl methyl sites for hydroxylation is 1. The summed E-state index contributed by atoms with van der Waals surface area (Å²) in [5, 5.41) is 12.9. The van der Waals surface area contributed by atoms with E-state index in [0.29, 0.717) is 6.42 Å². The van der Waals surface area contributed by atoms with E-state index in [-0.39, 0.29) is 16.8 Å². The number of aliphatic hydroxyl groups excluding tert-OH is 1. The molecule has 1 aromatic heterocycles. The van der Waals surface area contributed by atoms with Crippen molar-refractivity contribution in [3.63, 3.8) is 0 Å². The van der Waals surface area contributed by atoms with Crippen LogP contribution in [0.5, 0.6) is 0 Å². The van der Waals surface area contributed by atoms with Crippen LogP contribution in [0.25, 0.3) is 0 Å². The maximum absolute atomic E-state index is 11.9. The molecular formula is C9H18N4O3S. The Morgan fingerprint density at radius 2 is 2.18 bits per heavy atom. The highest BCUT2D eigenvalue weighted by atomic mass is 32.2. The van der Waals surface area contributed by atoms with Gasteiger partial charge in [0, 0.05) is 19.3 Å². The molecule has 8 heteroatoms. The van der Waals surface area contributed by atoms with E-state index < -0.39 is 16.1 Å². The van der Waals surface area contributed by atoms with Crippen molar-refractivity contribution in [2.24, 2.45) is 7.05 Å². The van der Waals surface area contributed by atoms with Crippen molar-refractivity contribution >= 4 is 15.8 Å². The van der Waals surface area contributed by atoms with Crippen LogP contribution < -0.4 is 10.5 Å².